The van der Waals surface area contributed by atoms with Crippen LogP contribution in [0.15, 0.2) is 36.8 Å². The molecule has 2 fully saturated rings. The average Bonchev–Trinajstić information content (AvgIpc) is 3.25. The lowest BCUT2D eigenvalue weighted by molar-refractivity contribution is -0.0845. The lowest BCUT2D eigenvalue weighted by atomic mass is 9.79. The van der Waals surface area contributed by atoms with E-state index < -0.39 is 0 Å². The molecule has 6 heteroatoms. The van der Waals surface area contributed by atoms with E-state index in [0.717, 1.165) is 44.6 Å². The fourth-order valence-electron chi connectivity index (χ4n) is 4.22. The van der Waals surface area contributed by atoms with Crippen molar-refractivity contribution in [3.05, 3.63) is 42.6 Å². The van der Waals surface area contributed by atoms with Crippen LogP contribution in [-0.4, -0.2) is 51.3 Å². The molecule has 4 rings (SSSR count). The van der Waals surface area contributed by atoms with Crippen LogP contribution in [0.3, 0.4) is 0 Å². The van der Waals surface area contributed by atoms with E-state index in [1.165, 1.54) is 0 Å². The number of imidazole rings is 1. The number of aromatic nitrogens is 3. The predicted octanol–water partition coefficient (Wildman–Crippen LogP) is 2.40. The lowest BCUT2D eigenvalue weighted by Crippen LogP contribution is -2.52. The summed E-state index contributed by atoms with van der Waals surface area (Å²) in [4.78, 5) is 14.4. The van der Waals surface area contributed by atoms with Crippen molar-refractivity contribution in [2.45, 2.75) is 50.0 Å². The number of hydrogen-bond acceptors (Lipinski definition) is 5. The monoisotopic (exact) mass is 328 g/mol. The number of rotatable bonds is 5. The van der Waals surface area contributed by atoms with Gasteiger partial charge in [-0.05, 0) is 25.3 Å². The van der Waals surface area contributed by atoms with Crippen molar-refractivity contribution in [3.63, 3.8) is 0 Å². The Hall–Kier alpha value is -1.92. The highest BCUT2D eigenvalue weighted by molar-refractivity contribution is 5.12. The van der Waals surface area contributed by atoms with Gasteiger partial charge in [0.1, 0.15) is 11.9 Å². The van der Waals surface area contributed by atoms with Crippen molar-refractivity contribution >= 4 is 0 Å². The van der Waals surface area contributed by atoms with Crippen LogP contribution in [0.25, 0.3) is 0 Å². The van der Waals surface area contributed by atoms with Crippen LogP contribution < -0.4 is 4.74 Å². The molecule has 3 atom stereocenters. The molecule has 128 valence electrons. The summed E-state index contributed by atoms with van der Waals surface area (Å²) >= 11 is 0. The van der Waals surface area contributed by atoms with E-state index in [1.54, 1.807) is 6.20 Å². The highest BCUT2D eigenvalue weighted by Gasteiger charge is 2.51. The molecule has 1 saturated heterocycles. The van der Waals surface area contributed by atoms with Gasteiger partial charge in [-0.25, -0.2) is 9.97 Å². The Labute approximate surface area is 142 Å². The molecule has 1 saturated carbocycles. The third-order valence-electron chi connectivity index (χ3n) is 5.49. The largest absolute Gasteiger partial charge is 0.474 e. The first-order valence-electron chi connectivity index (χ1n) is 8.64. The number of aromatic amines is 1. The molecule has 24 heavy (non-hydrogen) atoms. The van der Waals surface area contributed by atoms with E-state index in [1.807, 2.05) is 37.7 Å². The van der Waals surface area contributed by atoms with E-state index in [2.05, 4.69) is 19.9 Å². The molecular weight excluding hydrogens is 304 g/mol. The predicted molar refractivity (Wildman–Crippen MR) is 89.6 cm³/mol. The van der Waals surface area contributed by atoms with E-state index in [4.69, 9.17) is 9.47 Å². The van der Waals surface area contributed by atoms with E-state index in [0.29, 0.717) is 11.9 Å². The minimum Gasteiger partial charge on any atom is -0.474 e. The van der Waals surface area contributed by atoms with Gasteiger partial charge in [0, 0.05) is 50.8 Å². The third-order valence-corrected chi connectivity index (χ3v) is 5.49. The summed E-state index contributed by atoms with van der Waals surface area (Å²) in [6.07, 6.45) is 9.72. The summed E-state index contributed by atoms with van der Waals surface area (Å²) in [7, 11) is 1.85. The number of methoxy groups -OCH3 is 1. The van der Waals surface area contributed by atoms with Gasteiger partial charge in [-0.15, -0.1) is 0 Å². The van der Waals surface area contributed by atoms with Gasteiger partial charge in [0.05, 0.1) is 12.1 Å². The first kappa shape index (κ1) is 15.6. The summed E-state index contributed by atoms with van der Waals surface area (Å²) in [5, 5.41) is 0. The van der Waals surface area contributed by atoms with Crippen LogP contribution in [0.5, 0.6) is 5.88 Å². The van der Waals surface area contributed by atoms with E-state index in [9.17, 15) is 0 Å². The van der Waals surface area contributed by atoms with Crippen LogP contribution >= 0.6 is 0 Å². The van der Waals surface area contributed by atoms with Crippen LogP contribution in [0.2, 0.25) is 0 Å². The standard InChI is InChI=1S/C18H24N4O2/c1-23-18-6-5-14(24-17-4-2-3-8-21-17)12-15(18)22(11-7-18)13-16-19-9-10-20-16/h2-4,8-10,14-15H,5-7,11-13H2,1H3,(H,19,20)/t14?,15?,18-/m1/s1. The third kappa shape index (κ3) is 2.91. The Bertz CT molecular complexity index is 648. The lowest BCUT2D eigenvalue weighted by Gasteiger charge is -2.43. The van der Waals surface area contributed by atoms with Gasteiger partial charge in [0.15, 0.2) is 0 Å². The number of likely N-dealkylation sites (tertiary alicyclic amines) is 1. The molecular formula is C18H24N4O2. The number of H-pyrrole nitrogens is 1. The molecule has 0 amide bonds. The van der Waals surface area contributed by atoms with E-state index >= 15 is 0 Å². The second-order valence-electron chi connectivity index (χ2n) is 6.72. The molecule has 2 unspecified atom stereocenters. The highest BCUT2D eigenvalue weighted by Crippen LogP contribution is 2.43. The minimum atomic E-state index is -0.0451. The van der Waals surface area contributed by atoms with Crippen LogP contribution in [0.1, 0.15) is 31.5 Å². The van der Waals surface area contributed by atoms with Crippen LogP contribution in [0, 0.1) is 0 Å². The summed E-state index contributed by atoms with van der Waals surface area (Å²) in [6, 6.07) is 6.15. The van der Waals surface area contributed by atoms with Gasteiger partial charge in [0.25, 0.3) is 0 Å². The maximum Gasteiger partial charge on any atom is 0.213 e. The number of pyridine rings is 1. The van der Waals surface area contributed by atoms with Crippen molar-refractivity contribution in [1.82, 2.24) is 19.9 Å². The number of nitrogens with zero attached hydrogens (tertiary/aromatic N) is 3. The van der Waals surface area contributed by atoms with Gasteiger partial charge < -0.3 is 14.5 Å². The molecule has 0 aromatic carbocycles. The molecule has 2 aliphatic rings. The van der Waals surface area contributed by atoms with Crippen LogP contribution in [0.4, 0.5) is 0 Å². The Balaban J connectivity index is 1.48. The normalized spacial score (nSPS) is 30.2. The van der Waals surface area contributed by atoms with Gasteiger partial charge >= 0.3 is 0 Å². The molecule has 0 radical (unpaired) electrons. The zero-order valence-corrected chi connectivity index (χ0v) is 14.0. The summed E-state index contributed by atoms with van der Waals surface area (Å²) < 4.78 is 12.1. The summed E-state index contributed by atoms with van der Waals surface area (Å²) in [5.74, 6) is 1.72. The molecule has 0 bridgehead atoms. The first-order valence-corrected chi connectivity index (χ1v) is 8.64. The Morgan fingerprint density at radius 1 is 1.29 bits per heavy atom. The van der Waals surface area contributed by atoms with Gasteiger partial charge in [-0.1, -0.05) is 6.07 Å². The second-order valence-corrected chi connectivity index (χ2v) is 6.72. The molecule has 1 N–H and O–H groups in total. The van der Waals surface area contributed by atoms with Crippen molar-refractivity contribution in [3.8, 4) is 5.88 Å². The SMILES string of the molecule is CO[C@@]12CCC(Oc3ccccn3)CC1N(Cc1ncc[nH]1)CC2. The van der Waals surface area contributed by atoms with Gasteiger partial charge in [-0.3, -0.25) is 4.90 Å². The quantitative estimate of drug-likeness (QED) is 0.913. The smallest absolute Gasteiger partial charge is 0.213 e. The fraction of sp³-hybridized carbons (Fsp3) is 0.556. The van der Waals surface area contributed by atoms with Crippen molar-refractivity contribution in [1.29, 1.82) is 0 Å². The molecule has 3 heterocycles. The van der Waals surface area contributed by atoms with Crippen molar-refractivity contribution in [2.24, 2.45) is 0 Å². The Morgan fingerprint density at radius 3 is 3.00 bits per heavy atom. The van der Waals surface area contributed by atoms with Crippen molar-refractivity contribution in [2.75, 3.05) is 13.7 Å². The van der Waals surface area contributed by atoms with Gasteiger partial charge in [-0.2, -0.15) is 0 Å². The number of hydrogen-bond donors (Lipinski definition) is 1. The molecule has 6 nitrogen and oxygen atoms in total. The second kappa shape index (κ2) is 6.53. The minimum absolute atomic E-state index is 0.0451. The first-order chi connectivity index (χ1) is 11.8. The molecule has 1 aliphatic carbocycles. The van der Waals surface area contributed by atoms with Crippen LogP contribution in [-0.2, 0) is 11.3 Å². The zero-order valence-electron chi connectivity index (χ0n) is 14.0. The van der Waals surface area contributed by atoms with E-state index in [-0.39, 0.29) is 11.7 Å². The summed E-state index contributed by atoms with van der Waals surface area (Å²) in [5.41, 5.74) is -0.0451. The molecule has 2 aromatic heterocycles. The highest BCUT2D eigenvalue weighted by atomic mass is 16.5. The molecule has 1 aliphatic heterocycles. The topological polar surface area (TPSA) is 63.3 Å². The average molecular weight is 328 g/mol. The maximum atomic E-state index is 6.12. The zero-order chi connectivity index (χ0) is 16.4. The number of nitrogens with one attached hydrogen (secondary N) is 1. The fourth-order valence-corrected chi connectivity index (χ4v) is 4.22. The summed E-state index contributed by atoms with van der Waals surface area (Å²) in [6.45, 7) is 1.87. The Kier molecular flexibility index (Phi) is 4.24. The van der Waals surface area contributed by atoms with Crippen molar-refractivity contribution < 1.29 is 9.47 Å². The van der Waals surface area contributed by atoms with Gasteiger partial charge in [0.2, 0.25) is 5.88 Å². The number of ether oxygens (including phenoxy) is 2. The Morgan fingerprint density at radius 2 is 2.25 bits per heavy atom. The maximum absolute atomic E-state index is 6.12. The number of fused-ring (bicyclic) bond motifs is 1. The molecule has 2 aromatic rings. The molecule has 0 spiro atoms.